The van der Waals surface area contributed by atoms with E-state index in [1.54, 1.807) is 12.1 Å². The van der Waals surface area contributed by atoms with E-state index < -0.39 is 6.10 Å². The van der Waals surface area contributed by atoms with Crippen LogP contribution in [0.1, 0.15) is 44.8 Å². The minimum absolute atomic E-state index is 0.0750. The van der Waals surface area contributed by atoms with Crippen LogP contribution in [0.3, 0.4) is 0 Å². The number of aliphatic hydroxyl groups excluding tert-OH is 1. The highest BCUT2D eigenvalue weighted by Crippen LogP contribution is 2.31. The number of hydrogen-bond acceptors (Lipinski definition) is 2. The normalized spacial score (nSPS) is 24.8. The molecule has 1 saturated heterocycles. The lowest BCUT2D eigenvalue weighted by molar-refractivity contribution is 0.0844. The molecule has 0 unspecified atom stereocenters. The van der Waals surface area contributed by atoms with E-state index in [1.807, 2.05) is 6.07 Å². The Morgan fingerprint density at radius 2 is 2.06 bits per heavy atom. The number of hydrogen-bond donors (Lipinski definition) is 2. The number of nitrogens with one attached hydrogen (secondary N) is 1. The molecule has 2 atom stereocenters. The average molecular weight is 288 g/mol. The van der Waals surface area contributed by atoms with E-state index in [-0.39, 0.29) is 11.6 Å². The zero-order valence-corrected chi connectivity index (χ0v) is 12.2. The van der Waals surface area contributed by atoms with Crippen molar-refractivity contribution in [3.8, 4) is 0 Å². The summed E-state index contributed by atoms with van der Waals surface area (Å²) in [6, 6.07) is 5.39. The molecule has 1 aromatic carbocycles. The van der Waals surface area contributed by atoms with Gasteiger partial charge in [0.2, 0.25) is 0 Å². The summed E-state index contributed by atoms with van der Waals surface area (Å²) in [6.45, 7) is 4.33. The number of rotatable bonds is 2. The van der Waals surface area contributed by atoms with E-state index in [0.717, 1.165) is 24.8 Å². The van der Waals surface area contributed by atoms with E-state index >= 15 is 0 Å². The first-order valence-electron chi connectivity index (χ1n) is 6.30. The SMILES string of the molecule is CC1(C)CCC[C@H]([C@H](O)c2ccc(Cl)c(Cl)c2)N1. The van der Waals surface area contributed by atoms with Crippen molar-refractivity contribution in [2.45, 2.75) is 50.8 Å². The van der Waals surface area contributed by atoms with Gasteiger partial charge in [0.25, 0.3) is 0 Å². The topological polar surface area (TPSA) is 32.3 Å². The Morgan fingerprint density at radius 3 is 2.67 bits per heavy atom. The van der Waals surface area contributed by atoms with Gasteiger partial charge in [0, 0.05) is 11.6 Å². The van der Waals surface area contributed by atoms with Gasteiger partial charge in [-0.2, -0.15) is 0 Å². The zero-order chi connectivity index (χ0) is 13.3. The molecular formula is C14H19Cl2NO. The van der Waals surface area contributed by atoms with Crippen molar-refractivity contribution >= 4 is 23.2 Å². The molecule has 0 bridgehead atoms. The highest BCUT2D eigenvalue weighted by atomic mass is 35.5. The van der Waals surface area contributed by atoms with E-state index in [4.69, 9.17) is 23.2 Å². The van der Waals surface area contributed by atoms with Crippen molar-refractivity contribution in [2.24, 2.45) is 0 Å². The van der Waals surface area contributed by atoms with Crippen molar-refractivity contribution in [2.75, 3.05) is 0 Å². The summed E-state index contributed by atoms with van der Waals surface area (Å²) in [6.07, 6.45) is 2.70. The largest absolute Gasteiger partial charge is 0.387 e. The van der Waals surface area contributed by atoms with Crippen LogP contribution >= 0.6 is 23.2 Å². The zero-order valence-electron chi connectivity index (χ0n) is 10.7. The van der Waals surface area contributed by atoms with Crippen LogP contribution in [0.25, 0.3) is 0 Å². The Bertz CT molecular complexity index is 434. The van der Waals surface area contributed by atoms with Gasteiger partial charge in [0.05, 0.1) is 16.1 Å². The maximum atomic E-state index is 10.4. The third-order valence-electron chi connectivity index (χ3n) is 3.56. The maximum absolute atomic E-state index is 10.4. The molecule has 2 N–H and O–H groups in total. The summed E-state index contributed by atoms with van der Waals surface area (Å²) < 4.78 is 0. The molecule has 2 rings (SSSR count). The maximum Gasteiger partial charge on any atom is 0.0943 e. The summed E-state index contributed by atoms with van der Waals surface area (Å²) in [5, 5.41) is 14.9. The molecule has 0 amide bonds. The lowest BCUT2D eigenvalue weighted by Gasteiger charge is -2.39. The second-order valence-corrected chi connectivity index (χ2v) is 6.46. The molecule has 1 fully saturated rings. The molecule has 0 aromatic heterocycles. The fraction of sp³-hybridized carbons (Fsp3) is 0.571. The molecule has 1 heterocycles. The average Bonchev–Trinajstić information content (AvgIpc) is 2.30. The van der Waals surface area contributed by atoms with Crippen molar-refractivity contribution < 1.29 is 5.11 Å². The molecule has 2 nitrogen and oxygen atoms in total. The van der Waals surface area contributed by atoms with Crippen molar-refractivity contribution in [1.29, 1.82) is 0 Å². The smallest absolute Gasteiger partial charge is 0.0943 e. The van der Waals surface area contributed by atoms with Crippen molar-refractivity contribution in [3.63, 3.8) is 0 Å². The van der Waals surface area contributed by atoms with Gasteiger partial charge in [-0.25, -0.2) is 0 Å². The Morgan fingerprint density at radius 1 is 1.33 bits per heavy atom. The van der Waals surface area contributed by atoms with E-state index in [2.05, 4.69) is 19.2 Å². The molecular weight excluding hydrogens is 269 g/mol. The van der Waals surface area contributed by atoms with Crippen LogP contribution in [-0.2, 0) is 0 Å². The van der Waals surface area contributed by atoms with Gasteiger partial charge in [-0.15, -0.1) is 0 Å². The lowest BCUT2D eigenvalue weighted by Crippen LogP contribution is -2.51. The Hall–Kier alpha value is -0.280. The van der Waals surface area contributed by atoms with Crippen LogP contribution < -0.4 is 5.32 Å². The first kappa shape index (κ1) is 14.1. The molecule has 0 saturated carbocycles. The highest BCUT2D eigenvalue weighted by Gasteiger charge is 2.31. The highest BCUT2D eigenvalue weighted by molar-refractivity contribution is 6.42. The van der Waals surface area contributed by atoms with E-state index in [0.29, 0.717) is 10.0 Å². The van der Waals surface area contributed by atoms with Crippen LogP contribution in [0.4, 0.5) is 0 Å². The number of halogens is 2. The summed E-state index contributed by atoms with van der Waals surface area (Å²) >= 11 is 11.9. The fourth-order valence-corrected chi connectivity index (χ4v) is 2.88. The summed E-state index contributed by atoms with van der Waals surface area (Å²) in [7, 11) is 0. The molecule has 1 aliphatic heterocycles. The van der Waals surface area contributed by atoms with Crippen LogP contribution in [-0.4, -0.2) is 16.7 Å². The third kappa shape index (κ3) is 3.18. The summed E-state index contributed by atoms with van der Waals surface area (Å²) in [4.78, 5) is 0. The first-order chi connectivity index (χ1) is 8.39. The molecule has 100 valence electrons. The first-order valence-corrected chi connectivity index (χ1v) is 7.05. The molecule has 0 spiro atoms. The van der Waals surface area contributed by atoms with E-state index in [9.17, 15) is 5.11 Å². The summed E-state index contributed by atoms with van der Waals surface area (Å²) in [5.74, 6) is 0. The second-order valence-electron chi connectivity index (χ2n) is 5.65. The van der Waals surface area contributed by atoms with Gasteiger partial charge in [0.15, 0.2) is 0 Å². The van der Waals surface area contributed by atoms with E-state index in [1.165, 1.54) is 0 Å². The predicted molar refractivity (Wildman–Crippen MR) is 76.3 cm³/mol. The second kappa shape index (κ2) is 5.38. The van der Waals surface area contributed by atoms with Crippen molar-refractivity contribution in [3.05, 3.63) is 33.8 Å². The van der Waals surface area contributed by atoms with Crippen LogP contribution in [0.15, 0.2) is 18.2 Å². The summed E-state index contributed by atoms with van der Waals surface area (Å²) in [5.41, 5.74) is 0.903. The van der Waals surface area contributed by atoms with Crippen LogP contribution in [0.2, 0.25) is 10.0 Å². The van der Waals surface area contributed by atoms with Crippen molar-refractivity contribution in [1.82, 2.24) is 5.32 Å². The fourth-order valence-electron chi connectivity index (χ4n) is 2.58. The quantitative estimate of drug-likeness (QED) is 0.863. The van der Waals surface area contributed by atoms with Gasteiger partial charge in [-0.1, -0.05) is 29.3 Å². The monoisotopic (exact) mass is 287 g/mol. The number of benzene rings is 1. The minimum Gasteiger partial charge on any atom is -0.387 e. The van der Waals surface area contributed by atoms with Gasteiger partial charge >= 0.3 is 0 Å². The lowest BCUT2D eigenvalue weighted by atomic mass is 9.86. The number of piperidine rings is 1. The molecule has 0 radical (unpaired) electrons. The Kier molecular flexibility index (Phi) is 4.22. The Balaban J connectivity index is 2.15. The van der Waals surface area contributed by atoms with Gasteiger partial charge in [0.1, 0.15) is 0 Å². The van der Waals surface area contributed by atoms with Crippen LogP contribution in [0, 0.1) is 0 Å². The molecule has 4 heteroatoms. The third-order valence-corrected chi connectivity index (χ3v) is 4.30. The predicted octanol–water partition coefficient (Wildman–Crippen LogP) is 3.95. The molecule has 1 aliphatic rings. The molecule has 18 heavy (non-hydrogen) atoms. The van der Waals surface area contributed by atoms with Crippen LogP contribution in [0.5, 0.6) is 0 Å². The van der Waals surface area contributed by atoms with Gasteiger partial charge in [-0.05, 0) is 50.8 Å². The van der Waals surface area contributed by atoms with Gasteiger partial charge in [-0.3, -0.25) is 0 Å². The molecule has 0 aliphatic carbocycles. The molecule has 1 aromatic rings. The minimum atomic E-state index is -0.542. The van der Waals surface area contributed by atoms with Gasteiger partial charge < -0.3 is 10.4 Å². The number of aliphatic hydroxyl groups is 1. The standard InChI is InChI=1S/C14H19Cl2NO/c1-14(2)7-3-4-12(17-14)13(18)9-5-6-10(15)11(16)8-9/h5-6,8,12-13,17-18H,3-4,7H2,1-2H3/t12-,13-/m1/s1. The Labute approximate surface area is 118 Å².